The van der Waals surface area contributed by atoms with Gasteiger partial charge < -0.3 is 53.6 Å². The molecule has 1 aromatic carbocycles. The maximum atomic E-state index is 11.8. The van der Waals surface area contributed by atoms with E-state index in [1.807, 2.05) is 18.3 Å². The highest BCUT2D eigenvalue weighted by molar-refractivity contribution is 6.30. The van der Waals surface area contributed by atoms with Crippen LogP contribution in [-0.4, -0.2) is 50.1 Å². The number of hydrogen-bond donors (Lipinski definition) is 3. The number of pyridine rings is 1. The van der Waals surface area contributed by atoms with E-state index in [0.29, 0.717) is 42.8 Å². The van der Waals surface area contributed by atoms with E-state index in [1.54, 1.807) is 62.0 Å². The highest BCUT2D eigenvalue weighted by Gasteiger charge is 2.15. The van der Waals surface area contributed by atoms with Gasteiger partial charge in [0.15, 0.2) is 18.6 Å². The molecule has 0 aliphatic carbocycles. The number of nitrogens with one attached hydrogen (secondary N) is 3. The summed E-state index contributed by atoms with van der Waals surface area (Å²) in [5.74, 6) is 1.16. The summed E-state index contributed by atoms with van der Waals surface area (Å²) in [6.45, 7) is 6.89. The van der Waals surface area contributed by atoms with Crippen molar-refractivity contribution in [3.8, 4) is 11.9 Å². The van der Waals surface area contributed by atoms with Crippen LogP contribution < -0.4 is 49.2 Å². The average molecular weight is 731 g/mol. The van der Waals surface area contributed by atoms with Crippen molar-refractivity contribution < 1.29 is 57.1 Å². The zero-order valence-electron chi connectivity index (χ0n) is 24.7. The Balaban J connectivity index is 0.00000924. The van der Waals surface area contributed by atoms with Gasteiger partial charge in [-0.1, -0.05) is 18.0 Å². The second kappa shape index (κ2) is 21.2. The summed E-state index contributed by atoms with van der Waals surface area (Å²) in [5, 5.41) is 17.9. The third-order valence-corrected chi connectivity index (χ3v) is 5.53. The fourth-order valence-corrected chi connectivity index (χ4v) is 3.43. The van der Waals surface area contributed by atoms with Gasteiger partial charge in [0.05, 0.1) is 18.9 Å². The van der Waals surface area contributed by atoms with Crippen LogP contribution in [0.1, 0.15) is 52.9 Å². The minimum atomic E-state index is -0.816. The van der Waals surface area contributed by atoms with E-state index < -0.39 is 17.8 Å². The number of carbonyl (C=O) groups excluding carboxylic acids is 2. The predicted octanol–water partition coefficient (Wildman–Crippen LogP) is 2.13. The molecule has 0 bridgehead atoms. The van der Waals surface area contributed by atoms with Crippen LogP contribution in [0.25, 0.3) is 0 Å². The zero-order chi connectivity index (χ0) is 30.6. The Morgan fingerprint density at radius 1 is 0.977 bits per heavy atom. The number of rotatable bonds is 15. The minimum Gasteiger partial charge on any atom is -1.00 e. The van der Waals surface area contributed by atoms with Crippen LogP contribution in [0.2, 0.25) is 5.02 Å². The lowest BCUT2D eigenvalue weighted by Gasteiger charge is -2.19. The number of nitriles is 1. The van der Waals surface area contributed by atoms with Crippen molar-refractivity contribution in [3.05, 3.63) is 53.8 Å². The normalized spacial score (nSPS) is 10.9. The SMILES string of the molecule is CC(C)(C)OC(=O)NCCCOC(=O)OC[n+]1ccc(NC(=NCCCCCCOc2ccc(Cl)cc2)NC#N)cc1.[I-]. The Kier molecular flexibility index (Phi) is 18.5. The smallest absolute Gasteiger partial charge is 0.513 e. The van der Waals surface area contributed by atoms with Gasteiger partial charge in [-0.15, -0.1) is 0 Å². The Bertz CT molecular complexity index is 1170. The monoisotopic (exact) mass is 730 g/mol. The van der Waals surface area contributed by atoms with E-state index >= 15 is 0 Å². The van der Waals surface area contributed by atoms with Gasteiger partial charge in [0, 0.05) is 30.2 Å². The number of amides is 1. The van der Waals surface area contributed by atoms with Gasteiger partial charge in [-0.25, -0.2) is 9.59 Å². The van der Waals surface area contributed by atoms with Crippen molar-refractivity contribution in [2.24, 2.45) is 4.99 Å². The third kappa shape index (κ3) is 18.6. The van der Waals surface area contributed by atoms with Crippen molar-refractivity contribution >= 4 is 35.5 Å². The van der Waals surface area contributed by atoms with Crippen LogP contribution in [0.3, 0.4) is 0 Å². The standard InChI is InChI=1S/C29H39ClN6O6.HI/c1-29(2,3)42-27(37)33-16-8-20-40-28(38)41-22-36-17-13-24(14-18-36)35-26(34-21-31)32-15-6-4-5-7-19-39-25-11-9-23(30)10-12-25;/h9-14,17-18H,4-8,15-16,19-20,22H2,1-3H3,(H2,32,33,34,37);1H. The number of halogens is 2. The number of carbonyl (C=O) groups is 2. The molecule has 0 saturated heterocycles. The van der Waals surface area contributed by atoms with E-state index in [9.17, 15) is 9.59 Å². The Hall–Kier alpha value is -3.51. The quantitative estimate of drug-likeness (QED) is 0.0367. The molecule has 0 aliphatic rings. The number of unbranched alkanes of at least 4 members (excludes halogenated alkanes) is 3. The number of nitrogens with zero attached hydrogens (tertiary/aromatic N) is 3. The summed E-state index contributed by atoms with van der Waals surface area (Å²) in [6, 6.07) is 10.8. The first-order valence-electron chi connectivity index (χ1n) is 13.7. The lowest BCUT2D eigenvalue weighted by molar-refractivity contribution is -0.727. The molecule has 0 unspecified atom stereocenters. The summed E-state index contributed by atoms with van der Waals surface area (Å²) in [5.41, 5.74) is 0.128. The lowest BCUT2D eigenvalue weighted by Crippen LogP contribution is -3.00. The van der Waals surface area contributed by atoms with E-state index in [0.717, 1.165) is 31.4 Å². The molecule has 0 saturated carbocycles. The van der Waals surface area contributed by atoms with Crippen molar-refractivity contribution in [2.75, 3.05) is 31.6 Å². The maximum Gasteiger partial charge on any atom is 0.513 e. The molecule has 0 fully saturated rings. The Morgan fingerprint density at radius 3 is 2.35 bits per heavy atom. The molecule has 3 N–H and O–H groups in total. The van der Waals surface area contributed by atoms with Crippen LogP contribution in [0, 0.1) is 11.5 Å². The van der Waals surface area contributed by atoms with Gasteiger partial charge in [-0.3, -0.25) is 10.3 Å². The molecule has 0 spiro atoms. The lowest BCUT2D eigenvalue weighted by atomic mass is 10.2. The molecule has 14 heteroatoms. The highest BCUT2D eigenvalue weighted by atomic mass is 127. The van der Waals surface area contributed by atoms with E-state index in [4.69, 9.17) is 35.8 Å². The number of anilines is 1. The molecule has 2 rings (SSSR count). The predicted molar refractivity (Wildman–Crippen MR) is 158 cm³/mol. The molecule has 0 aliphatic heterocycles. The molecule has 1 aromatic heterocycles. The van der Waals surface area contributed by atoms with Crippen molar-refractivity contribution in [1.82, 2.24) is 10.6 Å². The fourth-order valence-electron chi connectivity index (χ4n) is 3.31. The topological polar surface area (TPSA) is 147 Å². The summed E-state index contributed by atoms with van der Waals surface area (Å²) in [4.78, 5) is 27.8. The summed E-state index contributed by atoms with van der Waals surface area (Å²) in [7, 11) is 0. The molecule has 43 heavy (non-hydrogen) atoms. The summed E-state index contributed by atoms with van der Waals surface area (Å²) in [6.07, 6.45) is 8.19. The first-order chi connectivity index (χ1) is 20.1. The second-order valence-corrected chi connectivity index (χ2v) is 10.5. The fraction of sp³-hybridized carbons (Fsp3) is 0.483. The van der Waals surface area contributed by atoms with Crippen molar-refractivity contribution in [2.45, 2.75) is 65.2 Å². The van der Waals surface area contributed by atoms with Crippen molar-refractivity contribution in [3.63, 3.8) is 0 Å². The molecule has 1 heterocycles. The number of aromatic nitrogens is 1. The number of aliphatic imine (C=N–C) groups is 1. The Labute approximate surface area is 275 Å². The van der Waals surface area contributed by atoms with Crippen LogP contribution in [-0.2, 0) is 20.9 Å². The average Bonchev–Trinajstić information content (AvgIpc) is 2.94. The van der Waals surface area contributed by atoms with Crippen molar-refractivity contribution in [1.29, 1.82) is 5.26 Å². The maximum absolute atomic E-state index is 11.8. The molecule has 0 atom stereocenters. The first-order valence-corrected chi connectivity index (χ1v) is 14.1. The second-order valence-electron chi connectivity index (χ2n) is 10.1. The van der Waals surface area contributed by atoms with Gasteiger partial charge in [0.1, 0.15) is 11.4 Å². The molecule has 1 amide bonds. The Morgan fingerprint density at radius 2 is 1.67 bits per heavy atom. The van der Waals surface area contributed by atoms with Crippen LogP contribution in [0.15, 0.2) is 53.8 Å². The summed E-state index contributed by atoms with van der Waals surface area (Å²) < 4.78 is 22.5. The van der Waals surface area contributed by atoms with Crippen LogP contribution in [0.4, 0.5) is 15.3 Å². The third-order valence-electron chi connectivity index (χ3n) is 5.27. The van der Waals surface area contributed by atoms with E-state index in [2.05, 4.69) is 20.9 Å². The van der Waals surface area contributed by atoms with Gasteiger partial charge in [-0.05, 0) is 70.7 Å². The molecular formula is C29H40ClIN6O6. The molecule has 2 aromatic rings. The first kappa shape index (κ1) is 37.5. The van der Waals surface area contributed by atoms with Gasteiger partial charge in [0.25, 0.3) is 6.73 Å². The minimum absolute atomic E-state index is 0. The number of alkyl carbamates (subject to hydrolysis) is 1. The van der Waals surface area contributed by atoms with Crippen LogP contribution >= 0.6 is 11.6 Å². The molecule has 12 nitrogen and oxygen atoms in total. The van der Waals surface area contributed by atoms with Gasteiger partial charge >= 0.3 is 12.2 Å². The zero-order valence-corrected chi connectivity index (χ0v) is 27.7. The molecule has 0 radical (unpaired) electrons. The number of guanidine groups is 1. The number of hydrogen-bond acceptors (Lipinski definition) is 8. The van der Waals surface area contributed by atoms with E-state index in [1.165, 1.54) is 0 Å². The van der Waals surface area contributed by atoms with Gasteiger partial charge in [-0.2, -0.15) is 9.83 Å². The number of benzene rings is 1. The summed E-state index contributed by atoms with van der Waals surface area (Å²) >= 11 is 5.87. The molecule has 236 valence electrons. The molecular weight excluding hydrogens is 691 g/mol. The number of ether oxygens (including phenoxy) is 4. The van der Waals surface area contributed by atoms with E-state index in [-0.39, 0.29) is 37.3 Å². The van der Waals surface area contributed by atoms with Crippen LogP contribution in [0.5, 0.6) is 5.75 Å². The highest BCUT2D eigenvalue weighted by Crippen LogP contribution is 2.16. The largest absolute Gasteiger partial charge is 1.00 e. The van der Waals surface area contributed by atoms with Gasteiger partial charge in [0.2, 0.25) is 5.96 Å².